The smallest absolute Gasteiger partial charge is 0.262 e. The molecular weight excluding hydrogens is 466 g/mol. The second-order valence-corrected chi connectivity index (χ2v) is 11.0. The fourth-order valence-electron chi connectivity index (χ4n) is 4.37. The molecule has 10 nitrogen and oxygen atoms in total. The van der Waals surface area contributed by atoms with E-state index in [4.69, 9.17) is 5.10 Å². The predicted molar refractivity (Wildman–Crippen MR) is 132 cm³/mol. The Kier molecular flexibility index (Phi) is 5.89. The van der Waals surface area contributed by atoms with Crippen LogP contribution in [0.2, 0.25) is 0 Å². The standard InChI is InChI=1S/C24H27N7O3S/c1-16-4-6-19(7-5-16)31-22(12-21(28-31)18-8-10-29(11-9-18)35(3,33)34)27-24(32)20-14-26-30-15-17(2)13-25-23(20)30/h4-7,12-15,18H,8-11H2,1-3H3,(H,27,32). The van der Waals surface area contributed by atoms with E-state index in [0.717, 1.165) is 22.5 Å². The van der Waals surface area contributed by atoms with Crippen molar-refractivity contribution in [3.05, 3.63) is 71.3 Å². The molecule has 1 saturated heterocycles. The van der Waals surface area contributed by atoms with Gasteiger partial charge in [0.1, 0.15) is 11.4 Å². The molecule has 3 aromatic heterocycles. The van der Waals surface area contributed by atoms with Crippen LogP contribution in [0.3, 0.4) is 0 Å². The molecule has 35 heavy (non-hydrogen) atoms. The number of nitrogens with zero attached hydrogens (tertiary/aromatic N) is 6. The predicted octanol–water partition coefficient (Wildman–Crippen LogP) is 2.92. The number of aryl methyl sites for hydroxylation is 2. The van der Waals surface area contributed by atoms with Crippen LogP contribution >= 0.6 is 0 Å². The molecule has 0 unspecified atom stereocenters. The molecule has 11 heteroatoms. The molecule has 5 rings (SSSR count). The molecule has 0 saturated carbocycles. The molecule has 1 N–H and O–H groups in total. The van der Waals surface area contributed by atoms with Crippen LogP contribution in [0.1, 0.15) is 45.9 Å². The number of fused-ring (bicyclic) bond motifs is 1. The minimum Gasteiger partial charge on any atom is -0.306 e. The molecule has 1 amide bonds. The number of hydrogen-bond acceptors (Lipinski definition) is 6. The van der Waals surface area contributed by atoms with Gasteiger partial charge in [0.15, 0.2) is 5.65 Å². The monoisotopic (exact) mass is 493 g/mol. The first kappa shape index (κ1) is 23.2. The van der Waals surface area contributed by atoms with Crippen molar-refractivity contribution >= 4 is 27.4 Å². The van der Waals surface area contributed by atoms with Gasteiger partial charge in [-0.3, -0.25) is 4.79 Å². The van der Waals surface area contributed by atoms with Gasteiger partial charge in [-0.25, -0.2) is 26.9 Å². The summed E-state index contributed by atoms with van der Waals surface area (Å²) < 4.78 is 28.6. The zero-order valence-corrected chi connectivity index (χ0v) is 20.7. The van der Waals surface area contributed by atoms with Crippen molar-refractivity contribution in [2.45, 2.75) is 32.6 Å². The minimum atomic E-state index is -3.21. The average Bonchev–Trinajstić information content (AvgIpc) is 3.43. The van der Waals surface area contributed by atoms with Crippen molar-refractivity contribution in [3.63, 3.8) is 0 Å². The van der Waals surface area contributed by atoms with Crippen LogP contribution in [0.5, 0.6) is 0 Å². The largest absolute Gasteiger partial charge is 0.306 e. The summed E-state index contributed by atoms with van der Waals surface area (Å²) in [6.45, 7) is 4.83. The summed E-state index contributed by atoms with van der Waals surface area (Å²) in [5.74, 6) is 0.297. The van der Waals surface area contributed by atoms with Gasteiger partial charge in [-0.2, -0.15) is 10.2 Å². The van der Waals surface area contributed by atoms with Gasteiger partial charge in [0.2, 0.25) is 10.0 Å². The van der Waals surface area contributed by atoms with E-state index < -0.39 is 10.0 Å². The summed E-state index contributed by atoms with van der Waals surface area (Å²) >= 11 is 0. The Balaban J connectivity index is 1.46. The summed E-state index contributed by atoms with van der Waals surface area (Å²) in [6.07, 6.45) is 7.60. The fraction of sp³-hybridized carbons (Fsp3) is 0.333. The summed E-state index contributed by atoms with van der Waals surface area (Å²) in [5, 5.41) is 12.1. The number of nitrogens with one attached hydrogen (secondary N) is 1. The van der Waals surface area contributed by atoms with Gasteiger partial charge < -0.3 is 5.32 Å². The third-order valence-corrected chi connectivity index (χ3v) is 7.62. The highest BCUT2D eigenvalue weighted by atomic mass is 32.2. The van der Waals surface area contributed by atoms with Crippen LogP contribution in [0.4, 0.5) is 5.82 Å². The molecule has 1 aliphatic heterocycles. The lowest BCUT2D eigenvalue weighted by molar-refractivity contribution is 0.102. The Morgan fingerprint density at radius 1 is 1.06 bits per heavy atom. The van der Waals surface area contributed by atoms with Crippen molar-refractivity contribution in [1.29, 1.82) is 0 Å². The van der Waals surface area contributed by atoms with Gasteiger partial charge in [0.25, 0.3) is 5.91 Å². The molecule has 1 aromatic carbocycles. The molecule has 4 heterocycles. The van der Waals surface area contributed by atoms with Crippen molar-refractivity contribution in [3.8, 4) is 5.69 Å². The van der Waals surface area contributed by atoms with E-state index in [1.165, 1.54) is 16.8 Å². The van der Waals surface area contributed by atoms with Crippen LogP contribution in [0.25, 0.3) is 11.3 Å². The Labute approximate surface area is 203 Å². The van der Waals surface area contributed by atoms with Gasteiger partial charge in [-0.15, -0.1) is 0 Å². The quantitative estimate of drug-likeness (QED) is 0.457. The van der Waals surface area contributed by atoms with E-state index in [0.29, 0.717) is 43.0 Å². The first-order chi connectivity index (χ1) is 16.7. The van der Waals surface area contributed by atoms with Gasteiger partial charge >= 0.3 is 0 Å². The number of piperidine rings is 1. The van der Waals surface area contributed by atoms with E-state index in [9.17, 15) is 13.2 Å². The number of aromatic nitrogens is 5. The minimum absolute atomic E-state index is 0.0944. The van der Waals surface area contributed by atoms with Crippen molar-refractivity contribution in [2.75, 3.05) is 24.7 Å². The van der Waals surface area contributed by atoms with E-state index in [-0.39, 0.29) is 11.8 Å². The number of benzene rings is 1. The van der Waals surface area contributed by atoms with Crippen LogP contribution in [-0.2, 0) is 10.0 Å². The van der Waals surface area contributed by atoms with Crippen LogP contribution < -0.4 is 5.32 Å². The molecule has 0 radical (unpaired) electrons. The van der Waals surface area contributed by atoms with E-state index in [2.05, 4.69) is 15.4 Å². The molecule has 1 fully saturated rings. The lowest BCUT2D eigenvalue weighted by Gasteiger charge is -2.29. The van der Waals surface area contributed by atoms with Crippen LogP contribution in [0, 0.1) is 13.8 Å². The van der Waals surface area contributed by atoms with E-state index in [1.807, 2.05) is 50.4 Å². The normalized spacial score (nSPS) is 15.5. The summed E-state index contributed by atoms with van der Waals surface area (Å²) in [5.41, 5.74) is 4.54. The third kappa shape index (κ3) is 4.69. The zero-order valence-electron chi connectivity index (χ0n) is 19.8. The average molecular weight is 494 g/mol. The molecule has 0 bridgehead atoms. The Morgan fingerprint density at radius 2 is 1.77 bits per heavy atom. The third-order valence-electron chi connectivity index (χ3n) is 6.32. The van der Waals surface area contributed by atoms with Gasteiger partial charge in [0, 0.05) is 37.5 Å². The maximum absolute atomic E-state index is 13.2. The van der Waals surface area contributed by atoms with Crippen molar-refractivity contribution < 1.29 is 13.2 Å². The molecule has 0 aliphatic carbocycles. The van der Waals surface area contributed by atoms with Crippen molar-refractivity contribution in [1.82, 2.24) is 28.7 Å². The van der Waals surface area contributed by atoms with E-state index in [1.54, 1.807) is 15.4 Å². The molecule has 182 valence electrons. The van der Waals surface area contributed by atoms with E-state index >= 15 is 0 Å². The Bertz CT molecular complexity index is 1500. The molecular formula is C24H27N7O3S. The maximum Gasteiger partial charge on any atom is 0.262 e. The second kappa shape index (κ2) is 8.90. The van der Waals surface area contributed by atoms with Gasteiger partial charge in [0.05, 0.1) is 23.8 Å². The number of carbonyl (C=O) groups is 1. The molecule has 1 aliphatic rings. The molecule has 4 aromatic rings. The highest BCUT2D eigenvalue weighted by Crippen LogP contribution is 2.31. The maximum atomic E-state index is 13.2. The van der Waals surface area contributed by atoms with Crippen LogP contribution in [0.15, 0.2) is 48.9 Å². The molecule has 0 spiro atoms. The lowest BCUT2D eigenvalue weighted by Crippen LogP contribution is -2.37. The fourth-order valence-corrected chi connectivity index (χ4v) is 5.24. The van der Waals surface area contributed by atoms with Gasteiger partial charge in [-0.05, 0) is 44.4 Å². The zero-order chi connectivity index (χ0) is 24.7. The van der Waals surface area contributed by atoms with Crippen LogP contribution in [-0.4, -0.2) is 62.4 Å². The summed E-state index contributed by atoms with van der Waals surface area (Å²) in [7, 11) is -3.21. The number of rotatable bonds is 5. The number of amides is 1. The first-order valence-corrected chi connectivity index (χ1v) is 13.3. The highest BCUT2D eigenvalue weighted by molar-refractivity contribution is 7.88. The second-order valence-electron chi connectivity index (χ2n) is 9.05. The first-order valence-electron chi connectivity index (χ1n) is 11.4. The topological polar surface area (TPSA) is 114 Å². The number of hydrogen-bond donors (Lipinski definition) is 1. The summed E-state index contributed by atoms with van der Waals surface area (Å²) in [4.78, 5) is 17.6. The lowest BCUT2D eigenvalue weighted by atomic mass is 9.95. The number of carbonyl (C=O) groups excluding carboxylic acids is 1. The number of sulfonamides is 1. The van der Waals surface area contributed by atoms with Crippen molar-refractivity contribution in [2.24, 2.45) is 0 Å². The Morgan fingerprint density at radius 3 is 2.46 bits per heavy atom. The van der Waals surface area contributed by atoms with Gasteiger partial charge in [-0.1, -0.05) is 17.7 Å². The Hall–Kier alpha value is -3.57. The highest BCUT2D eigenvalue weighted by Gasteiger charge is 2.28. The molecule has 0 atom stereocenters. The SMILES string of the molecule is Cc1ccc(-n2nc(C3CCN(S(C)(=O)=O)CC3)cc2NC(=O)c2cnn3cc(C)cnc23)cc1. The summed E-state index contributed by atoms with van der Waals surface area (Å²) in [6, 6.07) is 9.76. The number of anilines is 1.